The van der Waals surface area contributed by atoms with Gasteiger partial charge in [0.15, 0.2) is 11.4 Å². The van der Waals surface area contributed by atoms with Gasteiger partial charge in [0.1, 0.15) is 18.1 Å². The summed E-state index contributed by atoms with van der Waals surface area (Å²) >= 11 is 0. The number of benzene rings is 2. The molecule has 4 N–H and O–H groups in total. The van der Waals surface area contributed by atoms with Crippen LogP contribution in [0.25, 0.3) is 28.2 Å². The van der Waals surface area contributed by atoms with Gasteiger partial charge in [-0.3, -0.25) is 28.8 Å². The second kappa shape index (κ2) is 19.7. The Hall–Kier alpha value is -6.53. The van der Waals surface area contributed by atoms with Crippen molar-refractivity contribution in [2.75, 3.05) is 36.9 Å². The number of ether oxygens (including phenoxy) is 1. The van der Waals surface area contributed by atoms with Crippen LogP contribution in [-0.4, -0.2) is 72.9 Å². The quantitative estimate of drug-likeness (QED) is 0.0458. The highest BCUT2D eigenvalue weighted by Gasteiger charge is 2.31. The monoisotopic (exact) mass is 864 g/mol. The van der Waals surface area contributed by atoms with Crippen molar-refractivity contribution in [1.82, 2.24) is 39.5 Å². The van der Waals surface area contributed by atoms with Crippen LogP contribution in [-0.2, 0) is 34.3 Å². The van der Waals surface area contributed by atoms with E-state index in [0.717, 1.165) is 61.8 Å². The number of alkyl halides is 2. The number of aromatic nitrogens is 6. The summed E-state index contributed by atoms with van der Waals surface area (Å²) in [7, 11) is 1.70. The average Bonchev–Trinajstić information content (AvgIpc) is 3.70. The molecule has 1 aliphatic heterocycles. The first kappa shape index (κ1) is 43.1. The number of nitrogens with one attached hydrogen (secondary N) is 4. The van der Waals surface area contributed by atoms with Gasteiger partial charge in [-0.2, -0.15) is 5.10 Å². The molecule has 1 aliphatic carbocycles. The van der Waals surface area contributed by atoms with E-state index in [1.54, 1.807) is 42.1 Å². The molecule has 0 radical (unpaired) electrons. The minimum atomic E-state index is -2.93. The van der Waals surface area contributed by atoms with E-state index in [1.807, 2.05) is 30.3 Å². The first-order chi connectivity index (χ1) is 30.6. The van der Waals surface area contributed by atoms with E-state index in [4.69, 9.17) is 9.15 Å². The van der Waals surface area contributed by atoms with Crippen molar-refractivity contribution < 1.29 is 32.3 Å². The number of pyridine rings is 1. The summed E-state index contributed by atoms with van der Waals surface area (Å²) in [5.74, 6) is 0.0806. The molecule has 2 aliphatic rings. The Balaban J connectivity index is 0.727. The molecule has 1 saturated heterocycles. The average molecular weight is 865 g/mol. The molecule has 18 heteroatoms. The Morgan fingerprint density at radius 1 is 0.968 bits per heavy atom. The molecule has 0 spiro atoms. The van der Waals surface area contributed by atoms with Gasteiger partial charge in [-0.05, 0) is 111 Å². The minimum absolute atomic E-state index is 0.0649. The van der Waals surface area contributed by atoms with E-state index < -0.39 is 30.0 Å². The van der Waals surface area contributed by atoms with Crippen molar-refractivity contribution in [3.05, 3.63) is 106 Å². The number of rotatable bonds is 21. The van der Waals surface area contributed by atoms with E-state index in [1.165, 1.54) is 34.6 Å². The smallest absolute Gasteiger partial charge is 0.329 e. The third-order valence-electron chi connectivity index (χ3n) is 11.3. The normalized spacial score (nSPS) is 15.3. The number of carbonyl (C=O) groups excluding carboxylic acids is 3. The molecule has 16 nitrogen and oxygen atoms in total. The van der Waals surface area contributed by atoms with Crippen molar-refractivity contribution >= 4 is 40.3 Å². The molecule has 1 saturated carbocycles. The van der Waals surface area contributed by atoms with Crippen LogP contribution in [0.4, 0.5) is 20.3 Å². The Kier molecular flexibility index (Phi) is 13.5. The fraction of sp³-hybridized carbons (Fsp3) is 0.400. The minimum Gasteiger partial charge on any atom is -0.444 e. The third kappa shape index (κ3) is 10.6. The number of unbranched alkanes of at least 4 members (excludes halogenated alkanes) is 2. The molecule has 1 atom stereocenters. The number of imide groups is 1. The largest absolute Gasteiger partial charge is 0.444 e. The number of imidazole rings is 1. The number of carbonyl (C=O) groups is 3. The first-order valence-corrected chi connectivity index (χ1v) is 21.4. The van der Waals surface area contributed by atoms with Crippen molar-refractivity contribution in [2.24, 2.45) is 13.0 Å². The summed E-state index contributed by atoms with van der Waals surface area (Å²) in [4.78, 5) is 58.8. The zero-order valence-electron chi connectivity index (χ0n) is 34.9. The molecule has 4 aromatic heterocycles. The second-order valence-corrected chi connectivity index (χ2v) is 16.0. The van der Waals surface area contributed by atoms with Crippen LogP contribution in [0, 0.1) is 5.92 Å². The summed E-state index contributed by atoms with van der Waals surface area (Å²) in [6.45, 7) is 3.59. The number of oxazole rings is 1. The summed E-state index contributed by atoms with van der Waals surface area (Å²) in [5.41, 5.74) is 3.70. The molecule has 3 amide bonds. The van der Waals surface area contributed by atoms with Gasteiger partial charge in [0.25, 0.3) is 12.3 Å². The Bertz CT molecular complexity index is 2630. The number of amides is 3. The fourth-order valence-corrected chi connectivity index (χ4v) is 7.59. The highest BCUT2D eigenvalue weighted by molar-refractivity contribution is 6.03. The molecule has 0 unspecified atom stereocenters. The highest BCUT2D eigenvalue weighted by Crippen LogP contribution is 2.30. The lowest BCUT2D eigenvalue weighted by molar-refractivity contribution is -0.135. The molecular weight excluding hydrogens is 815 g/mol. The molecule has 2 fully saturated rings. The van der Waals surface area contributed by atoms with Crippen molar-refractivity contribution in [3.63, 3.8) is 0 Å². The van der Waals surface area contributed by atoms with Crippen LogP contribution in [0.5, 0.6) is 0 Å². The number of fused-ring (bicyclic) bond motifs is 1. The zero-order valence-corrected chi connectivity index (χ0v) is 34.9. The van der Waals surface area contributed by atoms with Crippen LogP contribution >= 0.6 is 0 Å². The van der Waals surface area contributed by atoms with Gasteiger partial charge in [-0.25, -0.2) is 28.2 Å². The van der Waals surface area contributed by atoms with Crippen LogP contribution < -0.4 is 27.0 Å². The number of anilines is 2. The van der Waals surface area contributed by atoms with Crippen LogP contribution in [0.3, 0.4) is 0 Å². The number of piperidine rings is 1. The summed E-state index contributed by atoms with van der Waals surface area (Å²) < 4.78 is 43.8. The predicted octanol–water partition coefficient (Wildman–Crippen LogP) is 6.47. The maximum atomic E-state index is 14.0. The Labute approximate surface area is 361 Å². The standard InChI is InChI=1S/C45H50F2N10O6/c1-55-37-22-28(11-14-35(37)57(45(55)61)36-15-16-39(58)53-43(36)60)6-2-4-20-62-21-5-3-18-48-24-29-9-12-32(13-10-29)56-26-33(40(54-56)41(46)47)51-42(59)34-27-63-44(52-34)31-17-19-49-38(23-31)50-25-30-7-8-30/h9-14,17,19,22-23,26-27,30,36,41,48H,2-8,15-16,18,20-21,24-25H2,1H3,(H,49,50)(H,51,59)(H,53,58,60)/t36-/m0/s1. The molecule has 330 valence electrons. The second-order valence-electron chi connectivity index (χ2n) is 16.0. The van der Waals surface area contributed by atoms with Crippen molar-refractivity contribution in [1.29, 1.82) is 0 Å². The molecule has 6 aromatic rings. The van der Waals surface area contributed by atoms with E-state index >= 15 is 0 Å². The van der Waals surface area contributed by atoms with Crippen LogP contribution in [0.1, 0.15) is 91.1 Å². The van der Waals surface area contributed by atoms with Gasteiger partial charge in [-0.1, -0.05) is 18.2 Å². The lowest BCUT2D eigenvalue weighted by atomic mass is 10.0. The molecule has 8 rings (SSSR count). The number of aryl methyl sites for hydroxylation is 2. The molecule has 2 aromatic carbocycles. The summed E-state index contributed by atoms with van der Waals surface area (Å²) in [6, 6.07) is 16.0. The highest BCUT2D eigenvalue weighted by atomic mass is 19.3. The Morgan fingerprint density at radius 3 is 2.54 bits per heavy atom. The van der Waals surface area contributed by atoms with Crippen LogP contribution in [0.15, 0.2) is 82.5 Å². The van der Waals surface area contributed by atoms with Gasteiger partial charge in [0, 0.05) is 51.5 Å². The third-order valence-corrected chi connectivity index (χ3v) is 11.3. The lowest BCUT2D eigenvalue weighted by Gasteiger charge is -2.21. The maximum Gasteiger partial charge on any atom is 0.329 e. The van der Waals surface area contributed by atoms with E-state index in [-0.39, 0.29) is 35.3 Å². The van der Waals surface area contributed by atoms with Gasteiger partial charge >= 0.3 is 5.69 Å². The number of hydrogen-bond acceptors (Lipinski definition) is 11. The maximum absolute atomic E-state index is 14.0. The van der Waals surface area contributed by atoms with Gasteiger partial charge in [0.05, 0.1) is 28.6 Å². The molecule has 63 heavy (non-hydrogen) atoms. The number of hydrogen-bond donors (Lipinski definition) is 4. The predicted molar refractivity (Wildman–Crippen MR) is 231 cm³/mol. The van der Waals surface area contributed by atoms with E-state index in [2.05, 4.69) is 36.3 Å². The number of nitrogens with zero attached hydrogens (tertiary/aromatic N) is 6. The molecular formula is C45H50F2N10O6. The summed E-state index contributed by atoms with van der Waals surface area (Å²) in [5, 5.41) is 15.6. The van der Waals surface area contributed by atoms with Gasteiger partial charge in [-0.15, -0.1) is 0 Å². The van der Waals surface area contributed by atoms with E-state index in [9.17, 15) is 28.0 Å². The Morgan fingerprint density at radius 2 is 1.76 bits per heavy atom. The fourth-order valence-electron chi connectivity index (χ4n) is 7.59. The van der Waals surface area contributed by atoms with Crippen molar-refractivity contribution in [3.8, 4) is 17.1 Å². The van der Waals surface area contributed by atoms with Crippen molar-refractivity contribution in [2.45, 2.75) is 76.8 Å². The molecule has 0 bridgehead atoms. The van der Waals surface area contributed by atoms with E-state index in [0.29, 0.717) is 54.7 Å². The zero-order chi connectivity index (χ0) is 43.9. The summed E-state index contributed by atoms with van der Waals surface area (Å²) in [6.07, 6.45) is 8.66. The molecule has 5 heterocycles. The number of halogens is 2. The first-order valence-electron chi connectivity index (χ1n) is 21.4. The van der Waals surface area contributed by atoms with Gasteiger partial charge in [0.2, 0.25) is 17.7 Å². The van der Waals surface area contributed by atoms with Gasteiger partial charge < -0.3 is 25.1 Å². The SMILES string of the molecule is Cn1c(=O)n([C@H]2CCC(=O)NC2=O)c2ccc(CCCCOCCCCNCc3ccc(-n4cc(NC(=O)c5coc(-c6ccnc(NCC7CC7)c6)n5)c(C(F)F)n4)cc3)cc21. The topological polar surface area (TPSA) is 192 Å². The lowest BCUT2D eigenvalue weighted by Crippen LogP contribution is -2.44. The van der Waals surface area contributed by atoms with Crippen LogP contribution in [0.2, 0.25) is 0 Å².